The molecule has 1 fully saturated rings. The summed E-state index contributed by atoms with van der Waals surface area (Å²) in [4.78, 5) is 25.3. The second-order valence-corrected chi connectivity index (χ2v) is 9.01. The summed E-state index contributed by atoms with van der Waals surface area (Å²) in [6.07, 6.45) is -0.314. The quantitative estimate of drug-likeness (QED) is 0.411. The van der Waals surface area contributed by atoms with Crippen LogP contribution in [0.25, 0.3) is 0 Å². The smallest absolute Gasteiger partial charge is 0.407 e. The Morgan fingerprint density at radius 3 is 2.34 bits per heavy atom. The summed E-state index contributed by atoms with van der Waals surface area (Å²) in [6, 6.07) is 10.4. The molecule has 2 atom stereocenters. The van der Waals surface area contributed by atoms with Gasteiger partial charge in [-0.1, -0.05) is 31.2 Å². The summed E-state index contributed by atoms with van der Waals surface area (Å²) in [5, 5.41) is 26.0. The lowest BCUT2D eigenvalue weighted by atomic mass is 9.94. The van der Waals surface area contributed by atoms with Crippen molar-refractivity contribution >= 4 is 12.0 Å². The van der Waals surface area contributed by atoms with Crippen LogP contribution < -0.4 is 10.6 Å². The Bertz CT molecular complexity index is 992. The largest absolute Gasteiger partial charge is 0.465 e. The lowest BCUT2D eigenvalue weighted by Crippen LogP contribution is -2.51. The van der Waals surface area contributed by atoms with Crippen LogP contribution >= 0.6 is 0 Å². The Balaban J connectivity index is 1.64. The van der Waals surface area contributed by atoms with Crippen molar-refractivity contribution in [3.8, 4) is 0 Å². The zero-order valence-corrected chi connectivity index (χ0v) is 19.8. The van der Waals surface area contributed by atoms with E-state index in [4.69, 9.17) is 5.11 Å². The van der Waals surface area contributed by atoms with E-state index in [1.54, 1.807) is 0 Å². The van der Waals surface area contributed by atoms with Gasteiger partial charge >= 0.3 is 6.09 Å². The van der Waals surface area contributed by atoms with E-state index in [-0.39, 0.29) is 32.0 Å². The van der Waals surface area contributed by atoms with Gasteiger partial charge in [0.15, 0.2) is 0 Å². The fourth-order valence-electron chi connectivity index (χ4n) is 4.37. The zero-order chi connectivity index (χ0) is 25.4. The van der Waals surface area contributed by atoms with Gasteiger partial charge < -0.3 is 25.7 Å². The molecule has 190 valence electrons. The SMILES string of the molecule is CCc1cccc(CNC[C@@H](O)[C@H](Cc2cc(F)cc(F)c2)NC(=O)C2CCN(C(=O)O)CC2)c1. The highest BCUT2D eigenvalue weighted by Crippen LogP contribution is 2.19. The van der Waals surface area contributed by atoms with Crippen molar-refractivity contribution in [2.45, 2.75) is 51.3 Å². The van der Waals surface area contributed by atoms with Gasteiger partial charge in [-0.25, -0.2) is 13.6 Å². The monoisotopic (exact) mass is 489 g/mol. The number of carbonyl (C=O) groups is 2. The molecule has 4 N–H and O–H groups in total. The van der Waals surface area contributed by atoms with Crippen LogP contribution in [0.3, 0.4) is 0 Å². The number of halogens is 2. The van der Waals surface area contributed by atoms with E-state index in [0.29, 0.717) is 24.9 Å². The fraction of sp³-hybridized carbons (Fsp3) is 0.462. The molecule has 1 aliphatic heterocycles. The number of benzene rings is 2. The lowest BCUT2D eigenvalue weighted by Gasteiger charge is -2.31. The van der Waals surface area contributed by atoms with Gasteiger partial charge in [-0.05, 0) is 54.5 Å². The van der Waals surface area contributed by atoms with Crippen molar-refractivity contribution in [3.63, 3.8) is 0 Å². The van der Waals surface area contributed by atoms with Crippen molar-refractivity contribution in [2.24, 2.45) is 5.92 Å². The van der Waals surface area contributed by atoms with E-state index in [1.165, 1.54) is 22.6 Å². The minimum absolute atomic E-state index is 0.0442. The first-order valence-corrected chi connectivity index (χ1v) is 11.9. The predicted molar refractivity (Wildman–Crippen MR) is 128 cm³/mol. The number of aryl methyl sites for hydroxylation is 1. The van der Waals surface area contributed by atoms with Gasteiger partial charge in [-0.3, -0.25) is 4.79 Å². The van der Waals surface area contributed by atoms with E-state index in [9.17, 15) is 23.5 Å². The van der Waals surface area contributed by atoms with Crippen molar-refractivity contribution in [1.29, 1.82) is 0 Å². The fourth-order valence-corrected chi connectivity index (χ4v) is 4.37. The van der Waals surface area contributed by atoms with Gasteiger partial charge in [-0.15, -0.1) is 0 Å². The highest BCUT2D eigenvalue weighted by atomic mass is 19.1. The number of aliphatic hydroxyl groups is 1. The molecule has 1 heterocycles. The minimum Gasteiger partial charge on any atom is -0.465 e. The van der Waals surface area contributed by atoms with Crippen LogP contribution in [0.1, 0.15) is 36.5 Å². The number of piperidine rings is 1. The molecular weight excluding hydrogens is 456 g/mol. The number of nitrogens with zero attached hydrogens (tertiary/aromatic N) is 1. The summed E-state index contributed by atoms with van der Waals surface area (Å²) in [7, 11) is 0. The van der Waals surface area contributed by atoms with E-state index < -0.39 is 35.8 Å². The van der Waals surface area contributed by atoms with Gasteiger partial charge in [0.25, 0.3) is 0 Å². The van der Waals surface area contributed by atoms with E-state index in [0.717, 1.165) is 18.1 Å². The van der Waals surface area contributed by atoms with Crippen LogP contribution in [0.15, 0.2) is 42.5 Å². The third kappa shape index (κ3) is 8.00. The number of amides is 2. The zero-order valence-electron chi connectivity index (χ0n) is 19.8. The minimum atomic E-state index is -1.02. The molecule has 0 radical (unpaired) electrons. The Kier molecular flexibility index (Phi) is 9.56. The van der Waals surface area contributed by atoms with Crippen molar-refractivity contribution in [3.05, 3.63) is 70.8 Å². The van der Waals surface area contributed by atoms with E-state index in [1.807, 2.05) is 18.2 Å². The second kappa shape index (κ2) is 12.6. The van der Waals surface area contributed by atoms with Crippen molar-refractivity contribution in [1.82, 2.24) is 15.5 Å². The standard InChI is InChI=1S/C26H33F2N3O4/c1-2-17-4-3-5-18(10-17)15-29-16-24(32)23(13-19-11-21(27)14-22(28)12-19)30-25(33)20-6-8-31(9-7-20)26(34)35/h3-5,10-12,14,20,23-24,29,32H,2,6-9,13,15-16H2,1H3,(H,30,33)(H,34,35)/t23-,24+/m0/s1. The molecule has 3 rings (SSSR count). The Hall–Kier alpha value is -3.04. The van der Waals surface area contributed by atoms with Crippen LogP contribution in [0.5, 0.6) is 0 Å². The van der Waals surface area contributed by atoms with Gasteiger partial charge in [0, 0.05) is 38.2 Å². The lowest BCUT2D eigenvalue weighted by molar-refractivity contribution is -0.127. The van der Waals surface area contributed by atoms with Gasteiger partial charge in [0.1, 0.15) is 11.6 Å². The van der Waals surface area contributed by atoms with Crippen LogP contribution in [0.2, 0.25) is 0 Å². The molecule has 2 aromatic carbocycles. The Morgan fingerprint density at radius 1 is 1.06 bits per heavy atom. The first-order chi connectivity index (χ1) is 16.7. The molecule has 7 nitrogen and oxygen atoms in total. The maximum Gasteiger partial charge on any atom is 0.407 e. The second-order valence-electron chi connectivity index (χ2n) is 9.01. The molecule has 0 unspecified atom stereocenters. The van der Waals surface area contributed by atoms with E-state index in [2.05, 4.69) is 23.6 Å². The average molecular weight is 490 g/mol. The van der Waals surface area contributed by atoms with Gasteiger partial charge in [0.2, 0.25) is 5.91 Å². The first kappa shape index (κ1) is 26.6. The number of hydrogen-bond acceptors (Lipinski definition) is 4. The normalized spacial score (nSPS) is 16.1. The highest BCUT2D eigenvalue weighted by molar-refractivity contribution is 5.79. The van der Waals surface area contributed by atoms with Crippen LogP contribution in [-0.4, -0.2) is 58.9 Å². The average Bonchev–Trinajstić information content (AvgIpc) is 2.83. The number of carbonyl (C=O) groups excluding carboxylic acids is 1. The first-order valence-electron chi connectivity index (χ1n) is 11.9. The summed E-state index contributed by atoms with van der Waals surface area (Å²) in [5.74, 6) is -2.15. The molecule has 9 heteroatoms. The molecule has 2 amide bonds. The Labute approximate surface area is 204 Å². The number of rotatable bonds is 10. The third-order valence-electron chi connectivity index (χ3n) is 6.39. The summed E-state index contributed by atoms with van der Waals surface area (Å²) < 4.78 is 27.5. The van der Waals surface area contributed by atoms with Crippen LogP contribution in [0.4, 0.5) is 13.6 Å². The van der Waals surface area contributed by atoms with Crippen LogP contribution in [0, 0.1) is 17.6 Å². The topological polar surface area (TPSA) is 102 Å². The summed E-state index contributed by atoms with van der Waals surface area (Å²) in [5.41, 5.74) is 2.59. The highest BCUT2D eigenvalue weighted by Gasteiger charge is 2.30. The maximum atomic E-state index is 13.7. The number of likely N-dealkylation sites (tertiary alicyclic amines) is 1. The number of hydrogen-bond donors (Lipinski definition) is 4. The van der Waals surface area contributed by atoms with Crippen molar-refractivity contribution < 1.29 is 28.6 Å². The Morgan fingerprint density at radius 2 is 1.71 bits per heavy atom. The number of aliphatic hydroxyl groups excluding tert-OH is 1. The third-order valence-corrected chi connectivity index (χ3v) is 6.39. The summed E-state index contributed by atoms with van der Waals surface area (Å²) >= 11 is 0. The molecule has 0 saturated carbocycles. The predicted octanol–water partition coefficient (Wildman–Crippen LogP) is 3.10. The molecule has 1 saturated heterocycles. The van der Waals surface area contributed by atoms with E-state index >= 15 is 0 Å². The molecule has 0 spiro atoms. The van der Waals surface area contributed by atoms with Gasteiger partial charge in [-0.2, -0.15) is 0 Å². The number of nitrogens with one attached hydrogen (secondary N) is 2. The molecule has 35 heavy (non-hydrogen) atoms. The molecule has 0 bridgehead atoms. The molecule has 2 aromatic rings. The van der Waals surface area contributed by atoms with Crippen molar-refractivity contribution in [2.75, 3.05) is 19.6 Å². The summed E-state index contributed by atoms with van der Waals surface area (Å²) in [6.45, 7) is 3.27. The molecule has 0 aliphatic carbocycles. The van der Waals surface area contributed by atoms with Crippen LogP contribution in [-0.2, 0) is 24.2 Å². The van der Waals surface area contributed by atoms with Gasteiger partial charge in [0.05, 0.1) is 12.1 Å². The molecule has 0 aromatic heterocycles. The molecule has 1 aliphatic rings. The number of carboxylic acid groups (broad SMARTS) is 1. The maximum absolute atomic E-state index is 13.7. The molecular formula is C26H33F2N3O4.